The maximum Gasteiger partial charge on any atom is 0.328 e. The quantitative estimate of drug-likeness (QED) is 0.131. The predicted octanol–water partition coefficient (Wildman–Crippen LogP) is 7.29. The van der Waals surface area contributed by atoms with E-state index in [9.17, 15) is 9.59 Å². The second kappa shape index (κ2) is 17.3. The molecule has 0 amide bonds. The Kier molecular flexibility index (Phi) is 13.6. The van der Waals surface area contributed by atoms with Crippen molar-refractivity contribution in [2.75, 3.05) is 19.6 Å². The number of carboxylic acids is 2. The molecule has 42 heavy (non-hydrogen) atoms. The molecule has 4 rings (SSSR count). The predicted molar refractivity (Wildman–Crippen MR) is 171 cm³/mol. The monoisotopic (exact) mass is 587 g/mol. The van der Waals surface area contributed by atoms with Crippen molar-refractivity contribution in [3.05, 3.63) is 119 Å². The van der Waals surface area contributed by atoms with Crippen LogP contribution in [0.25, 0.3) is 0 Å². The van der Waals surface area contributed by atoms with Crippen LogP contribution in [-0.4, -0.2) is 57.7 Å². The highest BCUT2D eigenvalue weighted by atomic mass is 32.1. The molecule has 0 atom stereocenters. The van der Waals surface area contributed by atoms with Crippen molar-refractivity contribution >= 4 is 29.0 Å². The van der Waals surface area contributed by atoms with Gasteiger partial charge in [0.2, 0.25) is 0 Å². The third-order valence-electron chi connectivity index (χ3n) is 7.21. The van der Waals surface area contributed by atoms with Gasteiger partial charge in [0.05, 0.1) is 6.10 Å². The molecule has 3 aromatic rings. The number of thiocarbonyl (C=S) groups is 1. The van der Waals surface area contributed by atoms with Gasteiger partial charge in [0.1, 0.15) is 6.10 Å². The molecular formula is C35H41NO5S. The van der Waals surface area contributed by atoms with Crippen molar-refractivity contribution in [1.82, 2.24) is 4.90 Å². The Hall–Kier alpha value is -3.65. The number of aliphatic carboxylic acids is 2. The van der Waals surface area contributed by atoms with Crippen molar-refractivity contribution in [2.45, 2.75) is 57.7 Å². The molecule has 0 aliphatic carbocycles. The van der Waals surface area contributed by atoms with Crippen molar-refractivity contribution in [3.8, 4) is 0 Å². The standard InChI is InChI=1S/C31H37NOS.C4H4O4/c1-24(2)25-15-17-26(18-16-25)30(34)14-9-21-32-22-19-29(20-23-32)33-31(27-10-5-3-6-11-27)28-12-7-4-8-13-28;5-3(6)1-2-4(7)8/h3-8,10-13,15-18,24,29,31H,9,14,19-23H2,1-2H3;1-2H,(H,5,6)(H,7,8). The minimum atomic E-state index is -1.26. The van der Waals surface area contributed by atoms with E-state index in [1.54, 1.807) is 0 Å². The molecule has 0 radical (unpaired) electrons. The van der Waals surface area contributed by atoms with Gasteiger partial charge in [-0.05, 0) is 60.4 Å². The van der Waals surface area contributed by atoms with Crippen LogP contribution in [-0.2, 0) is 14.3 Å². The first-order valence-electron chi connectivity index (χ1n) is 14.5. The summed E-state index contributed by atoms with van der Waals surface area (Å²) in [5, 5.41) is 15.6. The maximum atomic E-state index is 9.55. The van der Waals surface area contributed by atoms with E-state index in [0.717, 1.165) is 50.2 Å². The Morgan fingerprint density at radius 2 is 1.33 bits per heavy atom. The van der Waals surface area contributed by atoms with Crippen LogP contribution in [0.15, 0.2) is 97.1 Å². The fraction of sp³-hybridized carbons (Fsp3) is 0.343. The molecular weight excluding hydrogens is 546 g/mol. The number of likely N-dealkylation sites (tertiary alicyclic amines) is 1. The van der Waals surface area contributed by atoms with Gasteiger partial charge in [0.15, 0.2) is 0 Å². The summed E-state index contributed by atoms with van der Waals surface area (Å²) in [6.45, 7) is 7.75. The minimum absolute atomic E-state index is 0.00147. The Morgan fingerprint density at radius 1 is 0.833 bits per heavy atom. The first-order chi connectivity index (χ1) is 20.2. The van der Waals surface area contributed by atoms with Gasteiger partial charge in [-0.3, -0.25) is 0 Å². The molecule has 1 heterocycles. The van der Waals surface area contributed by atoms with E-state index >= 15 is 0 Å². The molecule has 0 unspecified atom stereocenters. The Balaban J connectivity index is 0.000000531. The normalized spacial score (nSPS) is 14.1. The molecule has 0 saturated carbocycles. The number of carboxylic acid groups (broad SMARTS) is 2. The number of rotatable bonds is 12. The van der Waals surface area contributed by atoms with Crippen LogP contribution in [0.3, 0.4) is 0 Å². The summed E-state index contributed by atoms with van der Waals surface area (Å²) in [7, 11) is 0. The zero-order valence-electron chi connectivity index (χ0n) is 24.4. The number of piperidine rings is 1. The molecule has 1 saturated heterocycles. The van der Waals surface area contributed by atoms with Gasteiger partial charge in [-0.15, -0.1) is 0 Å². The van der Waals surface area contributed by atoms with Crippen molar-refractivity contribution < 1.29 is 24.5 Å². The lowest BCUT2D eigenvalue weighted by Gasteiger charge is -2.34. The van der Waals surface area contributed by atoms with E-state index in [1.807, 2.05) is 0 Å². The van der Waals surface area contributed by atoms with Gasteiger partial charge in [0, 0.05) is 30.1 Å². The van der Waals surface area contributed by atoms with Gasteiger partial charge in [0.25, 0.3) is 0 Å². The van der Waals surface area contributed by atoms with Gasteiger partial charge in [-0.25, -0.2) is 9.59 Å². The van der Waals surface area contributed by atoms with Crippen molar-refractivity contribution in [1.29, 1.82) is 0 Å². The minimum Gasteiger partial charge on any atom is -0.478 e. The molecule has 1 fully saturated rings. The number of ether oxygens (including phenoxy) is 1. The van der Waals surface area contributed by atoms with Gasteiger partial charge < -0.3 is 19.8 Å². The van der Waals surface area contributed by atoms with Crippen LogP contribution in [0.4, 0.5) is 0 Å². The summed E-state index contributed by atoms with van der Waals surface area (Å²) in [4.78, 5) is 22.8. The average molecular weight is 588 g/mol. The van der Waals surface area contributed by atoms with E-state index in [4.69, 9.17) is 27.2 Å². The van der Waals surface area contributed by atoms with Crippen LogP contribution in [0, 0.1) is 0 Å². The molecule has 7 heteroatoms. The zero-order valence-corrected chi connectivity index (χ0v) is 25.2. The lowest BCUT2D eigenvalue weighted by Crippen LogP contribution is -2.38. The molecule has 0 bridgehead atoms. The number of benzene rings is 3. The summed E-state index contributed by atoms with van der Waals surface area (Å²) >= 11 is 5.72. The van der Waals surface area contributed by atoms with Crippen LogP contribution >= 0.6 is 12.2 Å². The fourth-order valence-electron chi connectivity index (χ4n) is 4.87. The number of hydrogen-bond acceptors (Lipinski definition) is 5. The molecule has 0 spiro atoms. The molecule has 0 aromatic heterocycles. The lowest BCUT2D eigenvalue weighted by molar-refractivity contribution is -0.134. The summed E-state index contributed by atoms with van der Waals surface area (Å²) in [6, 6.07) is 30.0. The van der Waals surface area contributed by atoms with Gasteiger partial charge in [-0.1, -0.05) is 111 Å². The summed E-state index contributed by atoms with van der Waals surface area (Å²) in [6.07, 6.45) is 5.67. The second-order valence-electron chi connectivity index (χ2n) is 10.7. The smallest absolute Gasteiger partial charge is 0.328 e. The fourth-order valence-corrected chi connectivity index (χ4v) is 5.15. The zero-order chi connectivity index (χ0) is 30.3. The van der Waals surface area contributed by atoms with E-state index in [0.29, 0.717) is 24.2 Å². The van der Waals surface area contributed by atoms with E-state index < -0.39 is 11.9 Å². The van der Waals surface area contributed by atoms with E-state index in [2.05, 4.69) is 104 Å². The number of hydrogen-bond donors (Lipinski definition) is 2. The molecule has 222 valence electrons. The first-order valence-corrected chi connectivity index (χ1v) is 14.9. The molecule has 3 aromatic carbocycles. The third kappa shape index (κ3) is 11.3. The Morgan fingerprint density at radius 3 is 1.79 bits per heavy atom. The Bertz CT molecular complexity index is 1230. The third-order valence-corrected chi connectivity index (χ3v) is 7.65. The number of carbonyl (C=O) groups is 2. The van der Waals surface area contributed by atoms with Gasteiger partial charge >= 0.3 is 11.9 Å². The Labute approximate surface area is 254 Å². The highest BCUT2D eigenvalue weighted by Gasteiger charge is 2.24. The van der Waals surface area contributed by atoms with Crippen molar-refractivity contribution in [2.24, 2.45) is 0 Å². The molecule has 1 aliphatic heterocycles. The molecule has 6 nitrogen and oxygen atoms in total. The first kappa shape index (κ1) is 32.9. The van der Waals surface area contributed by atoms with Crippen LogP contribution in [0.1, 0.15) is 73.8 Å². The number of nitrogens with zero attached hydrogens (tertiary/aromatic N) is 1. The van der Waals surface area contributed by atoms with E-state index in [1.165, 1.54) is 22.3 Å². The maximum absolute atomic E-state index is 9.55. The van der Waals surface area contributed by atoms with Crippen molar-refractivity contribution in [3.63, 3.8) is 0 Å². The van der Waals surface area contributed by atoms with E-state index in [-0.39, 0.29) is 6.10 Å². The molecule has 2 N–H and O–H groups in total. The summed E-state index contributed by atoms with van der Waals surface area (Å²) in [5.41, 5.74) is 5.04. The SMILES string of the molecule is CC(C)c1ccc(C(=S)CCCN2CCC(OC(c3ccccc3)c3ccccc3)CC2)cc1.O=C(O)C=CC(=O)O. The van der Waals surface area contributed by atoms with Gasteiger partial charge in [-0.2, -0.15) is 0 Å². The van der Waals surface area contributed by atoms with Crippen LogP contribution in [0.2, 0.25) is 0 Å². The lowest BCUT2D eigenvalue weighted by atomic mass is 9.99. The largest absolute Gasteiger partial charge is 0.478 e. The highest BCUT2D eigenvalue weighted by Crippen LogP contribution is 2.30. The average Bonchev–Trinajstić information content (AvgIpc) is 3.00. The highest BCUT2D eigenvalue weighted by molar-refractivity contribution is 7.80. The molecule has 1 aliphatic rings. The van der Waals surface area contributed by atoms with Crippen LogP contribution < -0.4 is 0 Å². The summed E-state index contributed by atoms with van der Waals surface area (Å²) < 4.78 is 6.69. The van der Waals surface area contributed by atoms with Crippen LogP contribution in [0.5, 0.6) is 0 Å². The second-order valence-corrected chi connectivity index (χ2v) is 11.2. The topological polar surface area (TPSA) is 87.1 Å². The summed E-state index contributed by atoms with van der Waals surface area (Å²) in [5.74, 6) is -1.95.